The molecule has 1 amide bonds. The van der Waals surface area contributed by atoms with Crippen LogP contribution >= 0.6 is 0 Å². The van der Waals surface area contributed by atoms with E-state index in [-0.39, 0.29) is 11.9 Å². The topological polar surface area (TPSA) is 64.2 Å². The van der Waals surface area contributed by atoms with Gasteiger partial charge in [0.05, 0.1) is 17.8 Å². The van der Waals surface area contributed by atoms with Crippen molar-refractivity contribution in [3.8, 4) is 11.3 Å². The number of aryl methyl sites for hydroxylation is 3. The van der Waals surface area contributed by atoms with Crippen molar-refractivity contribution < 1.29 is 9.32 Å². The van der Waals surface area contributed by atoms with Crippen molar-refractivity contribution in [1.82, 2.24) is 19.8 Å². The van der Waals surface area contributed by atoms with Gasteiger partial charge in [0.15, 0.2) is 11.5 Å². The molecule has 0 unspecified atom stereocenters. The third kappa shape index (κ3) is 3.05. The Morgan fingerprint density at radius 2 is 2.00 bits per heavy atom. The summed E-state index contributed by atoms with van der Waals surface area (Å²) in [5.74, 6) is 0.498. The molecule has 140 valence electrons. The van der Waals surface area contributed by atoms with Crippen molar-refractivity contribution in [1.29, 1.82) is 0 Å². The molecule has 1 aliphatic heterocycles. The summed E-state index contributed by atoms with van der Waals surface area (Å²) in [6, 6.07) is 8.27. The number of rotatable bonds is 3. The number of carbonyl (C=O) groups excluding carboxylic acids is 1. The molecule has 1 fully saturated rings. The zero-order valence-electron chi connectivity index (χ0n) is 16.2. The van der Waals surface area contributed by atoms with Gasteiger partial charge in [-0.05, 0) is 50.3 Å². The zero-order valence-corrected chi connectivity index (χ0v) is 16.2. The summed E-state index contributed by atoms with van der Waals surface area (Å²) in [5.41, 5.74) is 5.89. The van der Waals surface area contributed by atoms with Crippen LogP contribution in [0.5, 0.6) is 0 Å². The molecule has 4 rings (SSSR count). The minimum Gasteiger partial charge on any atom is -0.355 e. The van der Waals surface area contributed by atoms with E-state index >= 15 is 0 Å². The first-order chi connectivity index (χ1) is 13.0. The van der Waals surface area contributed by atoms with E-state index in [1.165, 1.54) is 16.7 Å². The number of likely N-dealkylation sites (tertiary alicyclic amines) is 1. The van der Waals surface area contributed by atoms with Gasteiger partial charge >= 0.3 is 0 Å². The number of benzene rings is 1. The van der Waals surface area contributed by atoms with E-state index in [4.69, 9.17) is 4.52 Å². The second-order valence-corrected chi connectivity index (χ2v) is 7.34. The molecule has 0 aliphatic carbocycles. The van der Waals surface area contributed by atoms with Crippen molar-refractivity contribution >= 4 is 5.91 Å². The molecule has 1 atom stereocenters. The largest absolute Gasteiger partial charge is 0.355 e. The van der Waals surface area contributed by atoms with E-state index in [1.54, 1.807) is 16.9 Å². The number of hydrogen-bond acceptors (Lipinski definition) is 4. The first-order valence-electron chi connectivity index (χ1n) is 9.29. The predicted octanol–water partition coefficient (Wildman–Crippen LogP) is 3.98. The monoisotopic (exact) mass is 364 g/mol. The molecule has 1 aliphatic rings. The van der Waals surface area contributed by atoms with E-state index in [1.807, 2.05) is 18.9 Å². The predicted molar refractivity (Wildman–Crippen MR) is 102 cm³/mol. The maximum Gasteiger partial charge on any atom is 0.276 e. The van der Waals surface area contributed by atoms with Gasteiger partial charge < -0.3 is 9.42 Å². The van der Waals surface area contributed by atoms with Crippen LogP contribution < -0.4 is 0 Å². The molecule has 0 radical (unpaired) electrons. The second kappa shape index (κ2) is 6.68. The molecular formula is C21H24N4O2. The standard InChI is InChI=1S/C21H24N4O2/c1-13-7-8-16(10-14(13)2)19-6-5-9-25(19)21(26)18-11-20(27-23-18)17-12-22-24(4)15(17)3/h7-8,10-12,19H,5-6,9H2,1-4H3/t19-/m0/s1. The van der Waals surface area contributed by atoms with Gasteiger partial charge in [-0.1, -0.05) is 23.4 Å². The fraction of sp³-hybridized carbons (Fsp3) is 0.381. The van der Waals surface area contributed by atoms with E-state index in [0.717, 1.165) is 30.6 Å². The fourth-order valence-corrected chi connectivity index (χ4v) is 3.72. The van der Waals surface area contributed by atoms with Crippen LogP contribution in [0.4, 0.5) is 0 Å². The SMILES string of the molecule is Cc1ccc([C@@H]2CCCN2C(=O)c2cc(-c3cnn(C)c3C)on2)cc1C. The van der Waals surface area contributed by atoms with Crippen LogP contribution in [0.2, 0.25) is 0 Å². The summed E-state index contributed by atoms with van der Waals surface area (Å²) < 4.78 is 7.22. The first kappa shape index (κ1) is 17.5. The lowest BCUT2D eigenvalue weighted by atomic mass is 9.99. The minimum absolute atomic E-state index is 0.0766. The Morgan fingerprint density at radius 3 is 2.70 bits per heavy atom. The van der Waals surface area contributed by atoms with Crippen LogP contribution in [-0.4, -0.2) is 32.3 Å². The molecule has 0 bridgehead atoms. The van der Waals surface area contributed by atoms with Gasteiger partial charge in [-0.15, -0.1) is 0 Å². The molecule has 0 saturated carbocycles. The maximum absolute atomic E-state index is 13.1. The first-order valence-corrected chi connectivity index (χ1v) is 9.29. The molecule has 0 N–H and O–H groups in total. The quantitative estimate of drug-likeness (QED) is 0.705. The van der Waals surface area contributed by atoms with Gasteiger partial charge in [0.25, 0.3) is 5.91 Å². The molecule has 6 heteroatoms. The van der Waals surface area contributed by atoms with Crippen LogP contribution in [0, 0.1) is 20.8 Å². The highest BCUT2D eigenvalue weighted by atomic mass is 16.5. The highest BCUT2D eigenvalue weighted by Crippen LogP contribution is 2.34. The van der Waals surface area contributed by atoms with Gasteiger partial charge in [-0.2, -0.15) is 5.10 Å². The Balaban J connectivity index is 1.60. The highest BCUT2D eigenvalue weighted by Gasteiger charge is 2.32. The van der Waals surface area contributed by atoms with E-state index in [0.29, 0.717) is 11.5 Å². The van der Waals surface area contributed by atoms with Crippen LogP contribution in [0.1, 0.15) is 51.8 Å². The zero-order chi connectivity index (χ0) is 19.1. The minimum atomic E-state index is -0.0766. The molecule has 3 heterocycles. The lowest BCUT2D eigenvalue weighted by molar-refractivity contribution is 0.0725. The van der Waals surface area contributed by atoms with Crippen LogP contribution in [-0.2, 0) is 7.05 Å². The Bertz CT molecular complexity index is 1000. The summed E-state index contributed by atoms with van der Waals surface area (Å²) in [6.07, 6.45) is 3.70. The smallest absolute Gasteiger partial charge is 0.276 e. The van der Waals surface area contributed by atoms with Gasteiger partial charge in [0.1, 0.15) is 0 Å². The average molecular weight is 364 g/mol. The highest BCUT2D eigenvalue weighted by molar-refractivity contribution is 5.93. The van der Waals surface area contributed by atoms with Gasteiger partial charge in [0.2, 0.25) is 0 Å². The Morgan fingerprint density at radius 1 is 1.19 bits per heavy atom. The van der Waals surface area contributed by atoms with E-state index in [9.17, 15) is 4.79 Å². The molecule has 1 aromatic carbocycles. The second-order valence-electron chi connectivity index (χ2n) is 7.34. The number of amides is 1. The van der Waals surface area contributed by atoms with Gasteiger partial charge in [0, 0.05) is 25.4 Å². The molecule has 1 saturated heterocycles. The molecule has 2 aromatic heterocycles. The maximum atomic E-state index is 13.1. The van der Waals surface area contributed by atoms with Crippen LogP contribution in [0.15, 0.2) is 35.0 Å². The molecular weight excluding hydrogens is 340 g/mol. The number of nitrogens with zero attached hydrogens (tertiary/aromatic N) is 4. The van der Waals surface area contributed by atoms with Crippen molar-refractivity contribution in [3.05, 3.63) is 58.5 Å². The van der Waals surface area contributed by atoms with Crippen molar-refractivity contribution in [2.45, 2.75) is 39.7 Å². The number of hydrogen-bond donors (Lipinski definition) is 0. The molecule has 3 aromatic rings. The van der Waals surface area contributed by atoms with Crippen LogP contribution in [0.3, 0.4) is 0 Å². The number of aromatic nitrogens is 3. The average Bonchev–Trinajstić information content (AvgIpc) is 3.38. The lowest BCUT2D eigenvalue weighted by Crippen LogP contribution is -2.30. The van der Waals surface area contributed by atoms with E-state index in [2.05, 4.69) is 42.3 Å². The van der Waals surface area contributed by atoms with Crippen molar-refractivity contribution in [2.24, 2.45) is 7.05 Å². The summed E-state index contributed by atoms with van der Waals surface area (Å²) in [6.45, 7) is 6.92. The van der Waals surface area contributed by atoms with Gasteiger partial charge in [-0.3, -0.25) is 9.48 Å². The molecule has 27 heavy (non-hydrogen) atoms. The van der Waals surface area contributed by atoms with Gasteiger partial charge in [-0.25, -0.2) is 0 Å². The molecule has 0 spiro atoms. The normalized spacial score (nSPS) is 16.9. The summed E-state index contributed by atoms with van der Waals surface area (Å²) in [4.78, 5) is 15.0. The van der Waals surface area contributed by atoms with Crippen molar-refractivity contribution in [2.75, 3.05) is 6.54 Å². The van der Waals surface area contributed by atoms with Crippen LogP contribution in [0.25, 0.3) is 11.3 Å². The summed E-state index contributed by atoms with van der Waals surface area (Å²) in [7, 11) is 1.87. The lowest BCUT2D eigenvalue weighted by Gasteiger charge is -2.24. The third-order valence-electron chi connectivity index (χ3n) is 5.66. The summed E-state index contributed by atoms with van der Waals surface area (Å²) in [5, 5.41) is 8.27. The van der Waals surface area contributed by atoms with E-state index < -0.39 is 0 Å². The Labute approximate surface area is 158 Å². The Hall–Kier alpha value is -2.89. The number of carbonyl (C=O) groups is 1. The Kier molecular flexibility index (Phi) is 4.34. The molecule has 6 nitrogen and oxygen atoms in total. The third-order valence-corrected chi connectivity index (χ3v) is 5.66. The summed E-state index contributed by atoms with van der Waals surface area (Å²) >= 11 is 0. The fourth-order valence-electron chi connectivity index (χ4n) is 3.72. The van der Waals surface area contributed by atoms with Crippen molar-refractivity contribution in [3.63, 3.8) is 0 Å².